The molecule has 0 aromatic heterocycles. The molecule has 1 unspecified atom stereocenters. The predicted molar refractivity (Wildman–Crippen MR) is 69.0 cm³/mol. The Morgan fingerprint density at radius 2 is 2.06 bits per heavy atom. The fourth-order valence-electron chi connectivity index (χ4n) is 2.65. The van der Waals surface area contributed by atoms with Crippen molar-refractivity contribution < 1.29 is 9.59 Å². The highest BCUT2D eigenvalue weighted by molar-refractivity contribution is 7.80. The minimum Gasteiger partial charge on any atom is -0.332 e. The van der Waals surface area contributed by atoms with Gasteiger partial charge < -0.3 is 9.80 Å². The number of amides is 2. The van der Waals surface area contributed by atoms with Crippen molar-refractivity contribution >= 4 is 24.4 Å². The highest BCUT2D eigenvalue weighted by atomic mass is 32.1. The van der Waals surface area contributed by atoms with E-state index in [4.69, 9.17) is 0 Å². The van der Waals surface area contributed by atoms with Crippen molar-refractivity contribution in [3.05, 3.63) is 0 Å². The molecule has 2 saturated heterocycles. The van der Waals surface area contributed by atoms with Gasteiger partial charge in [0.25, 0.3) is 0 Å². The molecule has 2 heterocycles. The van der Waals surface area contributed by atoms with Crippen molar-refractivity contribution in [2.24, 2.45) is 0 Å². The van der Waals surface area contributed by atoms with Crippen molar-refractivity contribution in [1.82, 2.24) is 9.80 Å². The van der Waals surface area contributed by atoms with E-state index in [0.29, 0.717) is 0 Å². The van der Waals surface area contributed by atoms with Gasteiger partial charge in [0.1, 0.15) is 6.04 Å². The third kappa shape index (κ3) is 2.76. The smallest absolute Gasteiger partial charge is 0.245 e. The van der Waals surface area contributed by atoms with E-state index < -0.39 is 0 Å². The first-order valence-corrected chi connectivity index (χ1v) is 7.06. The molecule has 0 spiro atoms. The first-order valence-electron chi connectivity index (χ1n) is 6.43. The summed E-state index contributed by atoms with van der Waals surface area (Å²) in [5, 5.41) is 0. The zero-order valence-electron chi connectivity index (χ0n) is 10.1. The summed E-state index contributed by atoms with van der Waals surface area (Å²) in [6.45, 7) is 1.78. The van der Waals surface area contributed by atoms with Crippen LogP contribution in [0.25, 0.3) is 0 Å². The van der Waals surface area contributed by atoms with Crippen LogP contribution in [0.15, 0.2) is 0 Å². The first kappa shape index (κ1) is 12.7. The summed E-state index contributed by atoms with van der Waals surface area (Å²) < 4.78 is 0. The Balaban J connectivity index is 1.86. The topological polar surface area (TPSA) is 40.6 Å². The molecular formula is C12H20N2O2S. The van der Waals surface area contributed by atoms with E-state index in [1.54, 1.807) is 9.80 Å². The minimum atomic E-state index is -0.152. The lowest BCUT2D eigenvalue weighted by molar-refractivity contribution is -0.153. The second kappa shape index (κ2) is 5.76. The largest absolute Gasteiger partial charge is 0.332 e. The van der Waals surface area contributed by atoms with E-state index >= 15 is 0 Å². The Bertz CT molecular complexity index is 309. The molecule has 2 amide bonds. The highest BCUT2D eigenvalue weighted by Gasteiger charge is 2.41. The first-order chi connectivity index (χ1) is 8.24. The van der Waals surface area contributed by atoms with Crippen LogP contribution < -0.4 is 0 Å². The molecule has 96 valence electrons. The molecule has 2 aliphatic heterocycles. The summed E-state index contributed by atoms with van der Waals surface area (Å²) in [4.78, 5) is 27.5. The molecule has 0 radical (unpaired) electrons. The van der Waals surface area contributed by atoms with Crippen LogP contribution in [0.2, 0.25) is 0 Å². The van der Waals surface area contributed by atoms with Gasteiger partial charge in [0, 0.05) is 13.1 Å². The van der Waals surface area contributed by atoms with Gasteiger partial charge in [-0.15, -0.1) is 0 Å². The van der Waals surface area contributed by atoms with Crippen LogP contribution in [0.5, 0.6) is 0 Å². The lowest BCUT2D eigenvalue weighted by atomic mass is 10.1. The summed E-state index contributed by atoms with van der Waals surface area (Å²) in [6, 6.07) is -0.152. The van der Waals surface area contributed by atoms with Crippen molar-refractivity contribution in [3.8, 4) is 0 Å². The van der Waals surface area contributed by atoms with Crippen LogP contribution in [0.1, 0.15) is 32.1 Å². The number of carbonyl (C=O) groups excluding carboxylic acids is 2. The van der Waals surface area contributed by atoms with Gasteiger partial charge in [0.15, 0.2) is 0 Å². The number of rotatable bonds is 5. The molecule has 2 rings (SSSR count). The van der Waals surface area contributed by atoms with Gasteiger partial charge in [-0.2, -0.15) is 12.6 Å². The van der Waals surface area contributed by atoms with Crippen LogP contribution in [-0.2, 0) is 9.59 Å². The lowest BCUT2D eigenvalue weighted by Gasteiger charge is -2.36. The molecule has 1 atom stereocenters. The maximum atomic E-state index is 12.1. The summed E-state index contributed by atoms with van der Waals surface area (Å²) in [7, 11) is 0. The Morgan fingerprint density at radius 3 is 2.82 bits per heavy atom. The zero-order valence-corrected chi connectivity index (χ0v) is 11.0. The van der Waals surface area contributed by atoms with Gasteiger partial charge in [-0.25, -0.2) is 0 Å². The van der Waals surface area contributed by atoms with Crippen molar-refractivity contribution in [2.75, 3.05) is 25.4 Å². The Hall–Kier alpha value is -0.710. The second-order valence-electron chi connectivity index (χ2n) is 4.79. The molecule has 0 saturated carbocycles. The Labute approximate surface area is 108 Å². The van der Waals surface area contributed by atoms with E-state index in [1.807, 2.05) is 0 Å². The third-order valence-corrected chi connectivity index (χ3v) is 3.90. The second-order valence-corrected chi connectivity index (χ2v) is 5.24. The quantitative estimate of drug-likeness (QED) is 0.587. The van der Waals surface area contributed by atoms with E-state index in [1.165, 1.54) is 0 Å². The summed E-state index contributed by atoms with van der Waals surface area (Å²) in [5.74, 6) is 1.18. The van der Waals surface area contributed by atoms with Gasteiger partial charge in [-0.1, -0.05) is 6.42 Å². The van der Waals surface area contributed by atoms with Gasteiger partial charge in [-0.3, -0.25) is 9.59 Å². The molecule has 0 bridgehead atoms. The molecule has 0 aliphatic carbocycles. The highest BCUT2D eigenvalue weighted by Crippen LogP contribution is 2.23. The van der Waals surface area contributed by atoms with E-state index in [0.717, 1.165) is 50.9 Å². The number of thiol groups is 1. The van der Waals surface area contributed by atoms with Crippen LogP contribution >= 0.6 is 12.6 Å². The molecule has 5 heteroatoms. The summed E-state index contributed by atoms with van der Waals surface area (Å²) in [6.07, 6.45) is 4.95. The average Bonchev–Trinajstić information content (AvgIpc) is 2.80. The molecule has 4 nitrogen and oxygen atoms in total. The molecule has 2 aliphatic rings. The number of unbranched alkanes of at least 4 members (excludes halogenated alkanes) is 2. The molecule has 0 aromatic carbocycles. The monoisotopic (exact) mass is 256 g/mol. The van der Waals surface area contributed by atoms with Crippen LogP contribution in [0, 0.1) is 0 Å². The molecule has 0 aromatic rings. The van der Waals surface area contributed by atoms with Gasteiger partial charge in [-0.05, 0) is 31.4 Å². The number of nitrogens with zero attached hydrogens (tertiary/aromatic N) is 2. The van der Waals surface area contributed by atoms with Crippen molar-refractivity contribution in [3.63, 3.8) is 0 Å². The van der Waals surface area contributed by atoms with Crippen LogP contribution in [0.3, 0.4) is 0 Å². The standard InChI is InChI=1S/C12H20N2O2S/c15-11-9-13(6-2-1-3-8-17)12(16)10-5-4-7-14(10)11/h10,17H,1-9H2. The van der Waals surface area contributed by atoms with Gasteiger partial charge in [0.2, 0.25) is 11.8 Å². The van der Waals surface area contributed by atoms with Crippen molar-refractivity contribution in [2.45, 2.75) is 38.1 Å². The fraction of sp³-hybridized carbons (Fsp3) is 0.833. The lowest BCUT2D eigenvalue weighted by Crippen LogP contribution is -2.57. The number of hydrogen-bond acceptors (Lipinski definition) is 3. The van der Waals surface area contributed by atoms with E-state index in [-0.39, 0.29) is 24.4 Å². The molecular weight excluding hydrogens is 236 g/mol. The average molecular weight is 256 g/mol. The molecule has 0 N–H and O–H groups in total. The Kier molecular flexibility index (Phi) is 4.31. The summed E-state index contributed by atoms with van der Waals surface area (Å²) >= 11 is 4.16. The minimum absolute atomic E-state index is 0.126. The Morgan fingerprint density at radius 1 is 1.24 bits per heavy atom. The van der Waals surface area contributed by atoms with Gasteiger partial charge in [0.05, 0.1) is 6.54 Å². The van der Waals surface area contributed by atoms with Gasteiger partial charge >= 0.3 is 0 Å². The number of carbonyl (C=O) groups is 2. The molecule has 17 heavy (non-hydrogen) atoms. The van der Waals surface area contributed by atoms with Crippen molar-refractivity contribution in [1.29, 1.82) is 0 Å². The maximum Gasteiger partial charge on any atom is 0.245 e. The number of hydrogen-bond donors (Lipinski definition) is 1. The zero-order chi connectivity index (χ0) is 12.3. The molecule has 2 fully saturated rings. The SMILES string of the molecule is O=C1C2CCCN2C(=O)CN1CCCCCS. The van der Waals surface area contributed by atoms with Crippen LogP contribution in [-0.4, -0.2) is 53.0 Å². The summed E-state index contributed by atoms with van der Waals surface area (Å²) in [5.41, 5.74) is 0. The number of piperazine rings is 1. The third-order valence-electron chi connectivity index (χ3n) is 3.58. The predicted octanol–water partition coefficient (Wildman–Crippen LogP) is 0.920. The fourth-order valence-corrected chi connectivity index (χ4v) is 2.87. The maximum absolute atomic E-state index is 12.1. The van der Waals surface area contributed by atoms with E-state index in [2.05, 4.69) is 12.6 Å². The van der Waals surface area contributed by atoms with E-state index in [9.17, 15) is 9.59 Å². The number of fused-ring (bicyclic) bond motifs is 1. The normalized spacial score (nSPS) is 24.4. The van der Waals surface area contributed by atoms with Crippen LogP contribution in [0.4, 0.5) is 0 Å².